The fourth-order valence-electron chi connectivity index (χ4n) is 4.94. The molecule has 0 bridgehead atoms. The minimum absolute atomic E-state index is 0.130. The molecule has 0 radical (unpaired) electrons. The summed E-state index contributed by atoms with van der Waals surface area (Å²) in [6, 6.07) is 29.9. The Hall–Kier alpha value is -4.65. The SMILES string of the molecule is COC(=O)[C@H](Cc1ccc(OCCCN(CC(C)C)c2ccccc2F)cc1)Nc1ccccc1C(=O)c1ccccc1. The van der Waals surface area contributed by atoms with Crippen molar-refractivity contribution in [3.05, 3.63) is 126 Å². The Morgan fingerprint density at radius 3 is 2.23 bits per heavy atom. The molecule has 0 unspecified atom stereocenters. The van der Waals surface area contributed by atoms with E-state index >= 15 is 0 Å². The number of carbonyl (C=O) groups excluding carboxylic acids is 2. The first-order valence-corrected chi connectivity index (χ1v) is 14.6. The Morgan fingerprint density at radius 2 is 1.53 bits per heavy atom. The summed E-state index contributed by atoms with van der Waals surface area (Å²) in [5.74, 6) is 0.337. The van der Waals surface area contributed by atoms with Gasteiger partial charge in [-0.2, -0.15) is 0 Å². The summed E-state index contributed by atoms with van der Waals surface area (Å²) in [6.45, 7) is 6.17. The van der Waals surface area contributed by atoms with Crippen LogP contribution >= 0.6 is 0 Å². The lowest BCUT2D eigenvalue weighted by molar-refractivity contribution is -0.141. The Kier molecular flexibility index (Phi) is 11.3. The number of methoxy groups -OCH3 is 1. The molecule has 7 heteroatoms. The predicted molar refractivity (Wildman–Crippen MR) is 169 cm³/mol. The molecule has 4 aromatic carbocycles. The number of hydrogen-bond acceptors (Lipinski definition) is 6. The van der Waals surface area contributed by atoms with Gasteiger partial charge in [-0.1, -0.05) is 80.6 Å². The van der Waals surface area contributed by atoms with Crippen LogP contribution in [0.4, 0.5) is 15.8 Å². The molecule has 0 fully saturated rings. The van der Waals surface area contributed by atoms with Crippen molar-refractivity contribution < 1.29 is 23.5 Å². The first-order chi connectivity index (χ1) is 20.9. The first-order valence-electron chi connectivity index (χ1n) is 14.6. The average molecular weight is 583 g/mol. The van der Waals surface area contributed by atoms with Crippen LogP contribution in [0.3, 0.4) is 0 Å². The Labute approximate surface area is 253 Å². The number of halogens is 1. The van der Waals surface area contributed by atoms with Crippen LogP contribution in [0, 0.1) is 11.7 Å². The van der Waals surface area contributed by atoms with Crippen LogP contribution in [-0.4, -0.2) is 44.6 Å². The molecular weight excluding hydrogens is 543 g/mol. The van der Waals surface area contributed by atoms with Gasteiger partial charge < -0.3 is 19.7 Å². The second kappa shape index (κ2) is 15.5. The highest BCUT2D eigenvalue weighted by molar-refractivity contribution is 6.12. The molecule has 4 aromatic rings. The zero-order chi connectivity index (χ0) is 30.6. The quantitative estimate of drug-likeness (QED) is 0.0910. The van der Waals surface area contributed by atoms with Crippen molar-refractivity contribution in [3.63, 3.8) is 0 Å². The van der Waals surface area contributed by atoms with Gasteiger partial charge in [0.2, 0.25) is 0 Å². The predicted octanol–water partition coefficient (Wildman–Crippen LogP) is 7.18. The summed E-state index contributed by atoms with van der Waals surface area (Å²) in [5, 5.41) is 3.24. The van der Waals surface area contributed by atoms with E-state index < -0.39 is 12.0 Å². The highest BCUT2D eigenvalue weighted by atomic mass is 19.1. The monoisotopic (exact) mass is 582 g/mol. The van der Waals surface area contributed by atoms with E-state index in [4.69, 9.17) is 9.47 Å². The van der Waals surface area contributed by atoms with Crippen molar-refractivity contribution in [1.82, 2.24) is 0 Å². The molecule has 1 atom stereocenters. The highest BCUT2D eigenvalue weighted by Crippen LogP contribution is 2.23. The zero-order valence-electron chi connectivity index (χ0n) is 25.0. The molecule has 0 spiro atoms. The fraction of sp³-hybridized carbons (Fsp3) is 0.278. The molecule has 0 aliphatic rings. The van der Waals surface area contributed by atoms with E-state index in [0.29, 0.717) is 53.7 Å². The molecule has 0 aliphatic heterocycles. The van der Waals surface area contributed by atoms with E-state index in [2.05, 4.69) is 24.1 Å². The number of ketones is 1. The summed E-state index contributed by atoms with van der Waals surface area (Å²) < 4.78 is 25.4. The van der Waals surface area contributed by atoms with E-state index in [-0.39, 0.29) is 11.6 Å². The normalized spacial score (nSPS) is 11.6. The van der Waals surface area contributed by atoms with Crippen molar-refractivity contribution >= 4 is 23.1 Å². The standard InChI is InChI=1S/C36H39FN2O4/c1-26(2)25-39(34-17-10-8-15-31(34)37)22-11-23-43-29-20-18-27(19-21-29)24-33(36(41)42-3)38-32-16-9-7-14-30(32)35(40)28-12-5-4-6-13-28/h4-10,12-21,26,33,38H,11,22-25H2,1-3H3/t33-/m0/s1. The maximum Gasteiger partial charge on any atom is 0.328 e. The first kappa shape index (κ1) is 31.3. The van der Waals surface area contributed by atoms with Gasteiger partial charge in [0, 0.05) is 36.3 Å². The molecular formula is C36H39FN2O4. The minimum atomic E-state index is -0.702. The summed E-state index contributed by atoms with van der Waals surface area (Å²) >= 11 is 0. The van der Waals surface area contributed by atoms with E-state index in [0.717, 1.165) is 18.5 Å². The molecule has 6 nitrogen and oxygen atoms in total. The maximum atomic E-state index is 14.4. The van der Waals surface area contributed by atoms with Crippen LogP contribution in [0.25, 0.3) is 0 Å². The van der Waals surface area contributed by atoms with Crippen molar-refractivity contribution in [2.24, 2.45) is 5.92 Å². The molecule has 224 valence electrons. The molecule has 0 saturated heterocycles. The van der Waals surface area contributed by atoms with Gasteiger partial charge in [-0.05, 0) is 54.3 Å². The molecule has 1 N–H and O–H groups in total. The van der Waals surface area contributed by atoms with Gasteiger partial charge in [-0.25, -0.2) is 9.18 Å². The number of esters is 1. The number of hydrogen-bond donors (Lipinski definition) is 1. The van der Waals surface area contributed by atoms with Gasteiger partial charge >= 0.3 is 5.97 Å². The number of anilines is 2. The van der Waals surface area contributed by atoms with Gasteiger partial charge in [-0.15, -0.1) is 0 Å². The van der Waals surface area contributed by atoms with E-state index in [1.165, 1.54) is 13.2 Å². The summed E-state index contributed by atoms with van der Waals surface area (Å²) in [6.07, 6.45) is 1.09. The van der Waals surface area contributed by atoms with E-state index in [9.17, 15) is 14.0 Å². The van der Waals surface area contributed by atoms with Gasteiger partial charge in [0.05, 0.1) is 19.4 Å². The third-order valence-electron chi connectivity index (χ3n) is 7.01. The Bertz CT molecular complexity index is 1470. The molecule has 0 saturated carbocycles. The maximum absolute atomic E-state index is 14.4. The zero-order valence-corrected chi connectivity index (χ0v) is 25.0. The smallest absolute Gasteiger partial charge is 0.328 e. The van der Waals surface area contributed by atoms with Crippen LogP contribution in [0.2, 0.25) is 0 Å². The lowest BCUT2D eigenvalue weighted by Crippen LogP contribution is -2.33. The number of nitrogens with one attached hydrogen (secondary N) is 1. The summed E-state index contributed by atoms with van der Waals surface area (Å²) in [4.78, 5) is 28.0. The van der Waals surface area contributed by atoms with E-state index in [1.54, 1.807) is 36.4 Å². The number of nitrogens with zero attached hydrogens (tertiary/aromatic N) is 1. The molecule has 43 heavy (non-hydrogen) atoms. The third-order valence-corrected chi connectivity index (χ3v) is 7.01. The van der Waals surface area contributed by atoms with Crippen LogP contribution in [0.5, 0.6) is 5.75 Å². The summed E-state index contributed by atoms with van der Waals surface area (Å²) in [5.41, 5.74) is 3.13. The largest absolute Gasteiger partial charge is 0.494 e. The number of ether oxygens (including phenoxy) is 2. The third kappa shape index (κ3) is 8.92. The fourth-order valence-corrected chi connectivity index (χ4v) is 4.94. The second-order valence-electron chi connectivity index (χ2n) is 10.8. The number of rotatable bonds is 15. The second-order valence-corrected chi connectivity index (χ2v) is 10.8. The van der Waals surface area contributed by atoms with Crippen molar-refractivity contribution in [2.45, 2.75) is 32.7 Å². The van der Waals surface area contributed by atoms with Crippen molar-refractivity contribution in [1.29, 1.82) is 0 Å². The van der Waals surface area contributed by atoms with Crippen LogP contribution in [0.1, 0.15) is 41.8 Å². The van der Waals surface area contributed by atoms with Gasteiger partial charge in [0.25, 0.3) is 0 Å². The minimum Gasteiger partial charge on any atom is -0.494 e. The molecule has 0 aliphatic carbocycles. The summed E-state index contributed by atoms with van der Waals surface area (Å²) in [7, 11) is 1.35. The van der Waals surface area contributed by atoms with Crippen molar-refractivity contribution in [2.75, 3.05) is 37.0 Å². The number of benzene rings is 4. The lowest BCUT2D eigenvalue weighted by atomic mass is 10.00. The average Bonchev–Trinajstić information content (AvgIpc) is 3.03. The topological polar surface area (TPSA) is 67.9 Å². The number of para-hydroxylation sites is 2. The van der Waals surface area contributed by atoms with Crippen LogP contribution in [-0.2, 0) is 16.0 Å². The Balaban J connectivity index is 1.36. The molecule has 0 heterocycles. The van der Waals surface area contributed by atoms with Crippen molar-refractivity contribution in [3.8, 4) is 5.75 Å². The van der Waals surface area contributed by atoms with Gasteiger partial charge in [0.15, 0.2) is 5.78 Å². The van der Waals surface area contributed by atoms with Crippen LogP contribution < -0.4 is 15.0 Å². The van der Waals surface area contributed by atoms with Gasteiger partial charge in [0.1, 0.15) is 17.6 Å². The Morgan fingerprint density at radius 1 is 0.860 bits per heavy atom. The molecule has 0 amide bonds. The van der Waals surface area contributed by atoms with Crippen LogP contribution in [0.15, 0.2) is 103 Å². The van der Waals surface area contributed by atoms with E-state index in [1.807, 2.05) is 60.7 Å². The number of carbonyl (C=O) groups is 2. The lowest BCUT2D eigenvalue weighted by Gasteiger charge is -2.27. The highest BCUT2D eigenvalue weighted by Gasteiger charge is 2.22. The molecule has 0 aromatic heterocycles. The van der Waals surface area contributed by atoms with Gasteiger partial charge in [-0.3, -0.25) is 4.79 Å². The molecule has 4 rings (SSSR count).